The van der Waals surface area contributed by atoms with Crippen LogP contribution in [0.25, 0.3) is 11.3 Å². The number of hydrogen-bond donors (Lipinski definition) is 2. The molecule has 1 aliphatic carbocycles. The number of hydrogen-bond acceptors (Lipinski definition) is 9. The second-order valence-corrected chi connectivity index (χ2v) is 7.84. The molecule has 4 heterocycles. The zero-order valence-corrected chi connectivity index (χ0v) is 17.0. The summed E-state index contributed by atoms with van der Waals surface area (Å²) in [6, 6.07) is 3.90. The molecule has 3 aromatic rings. The minimum absolute atomic E-state index is 0.0455. The monoisotopic (exact) mass is 420 g/mol. The molecule has 0 bridgehead atoms. The average molecular weight is 420 g/mol. The van der Waals surface area contributed by atoms with E-state index in [-0.39, 0.29) is 13.2 Å². The molecule has 2 aliphatic rings. The normalized spacial score (nSPS) is 22.4. The second-order valence-electron chi connectivity index (χ2n) is 7.84. The lowest BCUT2D eigenvalue weighted by atomic mass is 9.77. The molecule has 31 heavy (non-hydrogen) atoms. The number of rotatable bonds is 7. The number of aromatic nitrogens is 6. The fourth-order valence-electron chi connectivity index (χ4n) is 4.24. The molecule has 1 saturated carbocycles. The van der Waals surface area contributed by atoms with Crippen molar-refractivity contribution in [1.82, 2.24) is 29.9 Å². The number of dihydropyridines is 1. The van der Waals surface area contributed by atoms with Crippen LogP contribution in [0.5, 0.6) is 5.75 Å². The highest BCUT2D eigenvalue weighted by atomic mass is 16.5. The van der Waals surface area contributed by atoms with Crippen molar-refractivity contribution >= 4 is 29.1 Å². The number of nitrogens with zero attached hydrogens (tertiary/aromatic N) is 7. The minimum Gasteiger partial charge on any atom is -0.491 e. The fourth-order valence-corrected chi connectivity index (χ4v) is 4.24. The van der Waals surface area contributed by atoms with Crippen molar-refractivity contribution in [1.29, 1.82) is 0 Å². The number of fused-ring (bicyclic) bond motifs is 2. The van der Waals surface area contributed by atoms with E-state index in [1.165, 1.54) is 0 Å². The van der Waals surface area contributed by atoms with E-state index >= 15 is 0 Å². The predicted molar refractivity (Wildman–Crippen MR) is 115 cm³/mol. The molecule has 0 spiro atoms. The molecule has 0 saturated heterocycles. The van der Waals surface area contributed by atoms with Crippen LogP contribution in [0.15, 0.2) is 41.7 Å². The Morgan fingerprint density at radius 3 is 3.13 bits per heavy atom. The van der Waals surface area contributed by atoms with Gasteiger partial charge in [0.25, 0.3) is 0 Å². The molecule has 10 heteroatoms. The van der Waals surface area contributed by atoms with Gasteiger partial charge in [0.1, 0.15) is 18.2 Å². The molecule has 0 radical (unpaired) electrons. The van der Waals surface area contributed by atoms with E-state index < -0.39 is 0 Å². The van der Waals surface area contributed by atoms with Gasteiger partial charge in [-0.15, -0.1) is 5.10 Å². The van der Waals surface area contributed by atoms with Crippen molar-refractivity contribution in [2.45, 2.75) is 31.8 Å². The zero-order valence-electron chi connectivity index (χ0n) is 17.0. The molecule has 10 nitrogen and oxygen atoms in total. The number of pyridine rings is 1. The number of allylic oxidation sites excluding steroid dienone is 1. The van der Waals surface area contributed by atoms with Gasteiger partial charge in [-0.25, -0.2) is 19.6 Å². The van der Waals surface area contributed by atoms with E-state index in [1.54, 1.807) is 24.5 Å². The first-order valence-corrected chi connectivity index (χ1v) is 10.5. The third kappa shape index (κ3) is 4.38. The Morgan fingerprint density at radius 1 is 1.23 bits per heavy atom. The standard InChI is InChI=1S/C21H24N8O2/c30-8-9-31-16-5-7-23-18(11-16)25-19-12-24-20-21(26-19)29(28-27-20)13-14-3-4-17-15(10-14)2-1-6-22-17/h1-2,5-7,11-12,14-15,17,30H,3-4,8-10,13H2,(H,23,25,26)/t14-,15?,17?/m1/s1. The molecule has 2 unspecified atom stereocenters. The molecule has 3 aromatic heterocycles. The van der Waals surface area contributed by atoms with Gasteiger partial charge in [0, 0.05) is 25.0 Å². The van der Waals surface area contributed by atoms with Crippen molar-refractivity contribution in [2.24, 2.45) is 16.8 Å². The Labute approximate surface area is 179 Å². The summed E-state index contributed by atoms with van der Waals surface area (Å²) in [6.45, 7) is 0.944. The second kappa shape index (κ2) is 8.76. The largest absolute Gasteiger partial charge is 0.491 e. The molecule has 3 atom stereocenters. The van der Waals surface area contributed by atoms with Crippen molar-refractivity contribution in [3.05, 3.63) is 36.7 Å². The van der Waals surface area contributed by atoms with Gasteiger partial charge < -0.3 is 15.2 Å². The molecule has 2 N–H and O–H groups in total. The third-order valence-corrected chi connectivity index (χ3v) is 5.70. The number of aliphatic hydroxyl groups excluding tert-OH is 1. The van der Waals surface area contributed by atoms with Crippen LogP contribution < -0.4 is 10.1 Å². The Bertz CT molecular complexity index is 1110. The average Bonchev–Trinajstić information content (AvgIpc) is 3.20. The summed E-state index contributed by atoms with van der Waals surface area (Å²) in [6.07, 6.45) is 12.8. The van der Waals surface area contributed by atoms with Crippen LogP contribution in [0, 0.1) is 11.8 Å². The Hall–Kier alpha value is -3.40. The van der Waals surface area contributed by atoms with Crippen LogP contribution in [-0.4, -0.2) is 60.5 Å². The van der Waals surface area contributed by atoms with E-state index in [1.807, 2.05) is 10.9 Å². The maximum Gasteiger partial charge on any atom is 0.221 e. The Kier molecular flexibility index (Phi) is 5.53. The maximum absolute atomic E-state index is 8.91. The molecular formula is C21H24N8O2. The molecule has 0 amide bonds. The van der Waals surface area contributed by atoms with Crippen molar-refractivity contribution in [2.75, 3.05) is 18.5 Å². The third-order valence-electron chi connectivity index (χ3n) is 5.70. The molecule has 160 valence electrons. The molecular weight excluding hydrogens is 396 g/mol. The summed E-state index contributed by atoms with van der Waals surface area (Å²) in [5.41, 5.74) is 1.17. The summed E-state index contributed by atoms with van der Waals surface area (Å²) in [5, 5.41) is 20.5. The summed E-state index contributed by atoms with van der Waals surface area (Å²) in [5.74, 6) is 2.75. The van der Waals surface area contributed by atoms with Gasteiger partial charge in [-0.3, -0.25) is 4.99 Å². The quantitative estimate of drug-likeness (QED) is 0.596. The lowest BCUT2D eigenvalue weighted by Gasteiger charge is -2.33. The number of aliphatic imine (C=N–C) groups is 1. The first-order chi connectivity index (χ1) is 15.3. The van der Waals surface area contributed by atoms with Gasteiger partial charge >= 0.3 is 0 Å². The first-order valence-electron chi connectivity index (χ1n) is 10.5. The molecule has 0 aromatic carbocycles. The van der Waals surface area contributed by atoms with Crippen LogP contribution in [0.1, 0.15) is 19.3 Å². The number of ether oxygens (including phenoxy) is 1. The number of nitrogens with one attached hydrogen (secondary N) is 1. The topological polar surface area (TPSA) is 123 Å². The zero-order chi connectivity index (χ0) is 21.0. The summed E-state index contributed by atoms with van der Waals surface area (Å²) >= 11 is 0. The van der Waals surface area contributed by atoms with Gasteiger partial charge in [0.2, 0.25) is 5.65 Å². The van der Waals surface area contributed by atoms with Crippen molar-refractivity contribution in [3.8, 4) is 5.75 Å². The molecule has 1 fully saturated rings. The van der Waals surface area contributed by atoms with Crippen molar-refractivity contribution < 1.29 is 9.84 Å². The molecule has 1 aliphatic heterocycles. The lowest BCUT2D eigenvalue weighted by molar-refractivity contribution is 0.201. The van der Waals surface area contributed by atoms with Crippen LogP contribution >= 0.6 is 0 Å². The van der Waals surface area contributed by atoms with E-state index in [0.29, 0.717) is 46.6 Å². The van der Waals surface area contributed by atoms with E-state index in [0.717, 1.165) is 25.8 Å². The Morgan fingerprint density at radius 2 is 2.19 bits per heavy atom. The highest BCUT2D eigenvalue weighted by Gasteiger charge is 2.30. The summed E-state index contributed by atoms with van der Waals surface area (Å²) in [7, 11) is 0. The van der Waals surface area contributed by atoms with E-state index in [4.69, 9.17) is 9.84 Å². The number of anilines is 2. The van der Waals surface area contributed by atoms with Crippen LogP contribution in [0.3, 0.4) is 0 Å². The van der Waals surface area contributed by atoms with Gasteiger partial charge in [-0.2, -0.15) is 0 Å². The highest BCUT2D eigenvalue weighted by Crippen LogP contribution is 2.34. The van der Waals surface area contributed by atoms with Gasteiger partial charge in [-0.1, -0.05) is 11.3 Å². The summed E-state index contributed by atoms with van der Waals surface area (Å²) < 4.78 is 7.28. The summed E-state index contributed by atoms with van der Waals surface area (Å²) in [4.78, 5) is 18.0. The lowest BCUT2D eigenvalue weighted by Crippen LogP contribution is -2.30. The first kappa shape index (κ1) is 19.6. The van der Waals surface area contributed by atoms with Gasteiger partial charge in [-0.05, 0) is 43.2 Å². The van der Waals surface area contributed by atoms with Crippen LogP contribution in [-0.2, 0) is 6.54 Å². The van der Waals surface area contributed by atoms with Gasteiger partial charge in [0.15, 0.2) is 11.5 Å². The maximum atomic E-state index is 8.91. The molecule has 5 rings (SSSR count). The van der Waals surface area contributed by atoms with Crippen molar-refractivity contribution in [3.63, 3.8) is 0 Å². The number of aliphatic hydroxyl groups is 1. The van der Waals surface area contributed by atoms with E-state index in [2.05, 4.69) is 47.7 Å². The smallest absolute Gasteiger partial charge is 0.221 e. The fraction of sp³-hybridized carbons (Fsp3) is 0.429. The van der Waals surface area contributed by atoms with Crippen LogP contribution in [0.2, 0.25) is 0 Å². The van der Waals surface area contributed by atoms with Crippen LogP contribution in [0.4, 0.5) is 11.6 Å². The minimum atomic E-state index is -0.0455. The Balaban J connectivity index is 1.31. The predicted octanol–water partition coefficient (Wildman–Crippen LogP) is 2.16. The SMILES string of the molecule is OCCOc1ccnc(Nc2cnc3nnn(C[C@@H]4CCC5N=CC=CC5C4)c3n2)c1. The van der Waals surface area contributed by atoms with E-state index in [9.17, 15) is 0 Å². The van der Waals surface area contributed by atoms with Gasteiger partial charge in [0.05, 0.1) is 18.8 Å². The highest BCUT2D eigenvalue weighted by molar-refractivity contribution is 5.72.